The first kappa shape index (κ1) is 38.8. The van der Waals surface area contributed by atoms with Crippen LogP contribution in [0.5, 0.6) is 0 Å². The number of amides is 6. The second kappa shape index (κ2) is 20.7. The van der Waals surface area contributed by atoms with E-state index in [0.717, 1.165) is 25.7 Å². The predicted molar refractivity (Wildman–Crippen MR) is 169 cm³/mol. The summed E-state index contributed by atoms with van der Waals surface area (Å²) < 4.78 is 16.5. The molecule has 0 unspecified atom stereocenters. The molecule has 0 aromatic heterocycles. The van der Waals surface area contributed by atoms with Gasteiger partial charge in [-0.15, -0.1) is 0 Å². The summed E-state index contributed by atoms with van der Waals surface area (Å²) in [5.41, 5.74) is 0. The van der Waals surface area contributed by atoms with E-state index >= 15 is 0 Å². The van der Waals surface area contributed by atoms with Gasteiger partial charge in [0.05, 0.1) is 39.6 Å². The van der Waals surface area contributed by atoms with Crippen molar-refractivity contribution in [2.75, 3.05) is 59.3 Å². The van der Waals surface area contributed by atoms with Crippen LogP contribution in [0.2, 0.25) is 0 Å². The van der Waals surface area contributed by atoms with E-state index in [4.69, 9.17) is 14.2 Å². The number of carbonyl (C=O) groups is 6. The van der Waals surface area contributed by atoms with Gasteiger partial charge in [-0.2, -0.15) is 0 Å². The van der Waals surface area contributed by atoms with Gasteiger partial charge in [-0.1, -0.05) is 27.7 Å². The Labute approximate surface area is 272 Å². The minimum Gasteiger partial charge on any atom is -0.377 e. The van der Waals surface area contributed by atoms with Gasteiger partial charge in [0.2, 0.25) is 23.6 Å². The van der Waals surface area contributed by atoms with E-state index in [1.54, 1.807) is 20.8 Å². The molecular weight excluding hydrogens is 598 g/mol. The number of ether oxygens (including phenoxy) is 3. The van der Waals surface area contributed by atoms with Crippen LogP contribution in [-0.2, 0) is 43.0 Å². The third-order valence-corrected chi connectivity index (χ3v) is 7.92. The number of carbonyl (C=O) groups excluding carboxylic acids is 6. The first-order chi connectivity index (χ1) is 21.9. The molecule has 0 aromatic rings. The van der Waals surface area contributed by atoms with Crippen molar-refractivity contribution in [1.29, 1.82) is 0 Å². The van der Waals surface area contributed by atoms with E-state index in [-0.39, 0.29) is 66.4 Å². The lowest BCUT2D eigenvalue weighted by molar-refractivity contribution is -0.138. The Morgan fingerprint density at radius 1 is 0.717 bits per heavy atom. The number of hydrogen-bond acceptors (Lipinski definition) is 9. The lowest BCUT2D eigenvalue weighted by Gasteiger charge is -2.30. The van der Waals surface area contributed by atoms with Gasteiger partial charge in [-0.25, -0.2) is 0 Å². The van der Waals surface area contributed by atoms with Crippen LogP contribution in [0, 0.1) is 23.7 Å². The van der Waals surface area contributed by atoms with Crippen molar-refractivity contribution in [1.82, 2.24) is 26.2 Å². The Morgan fingerprint density at radius 3 is 1.76 bits per heavy atom. The summed E-state index contributed by atoms with van der Waals surface area (Å²) in [6.45, 7) is 11.9. The van der Waals surface area contributed by atoms with Crippen LogP contribution in [0.25, 0.3) is 0 Å². The molecule has 260 valence electrons. The fraction of sp³-hybridized carbons (Fsp3) is 0.750. The third-order valence-electron chi connectivity index (χ3n) is 7.92. The molecule has 1 saturated carbocycles. The van der Waals surface area contributed by atoms with Crippen molar-refractivity contribution in [2.24, 2.45) is 23.7 Å². The molecule has 14 heteroatoms. The molecule has 1 aliphatic carbocycles. The molecule has 1 aliphatic heterocycles. The summed E-state index contributed by atoms with van der Waals surface area (Å²) in [5.74, 6) is -1.72. The van der Waals surface area contributed by atoms with Gasteiger partial charge in [-0.3, -0.25) is 33.7 Å². The van der Waals surface area contributed by atoms with Crippen molar-refractivity contribution >= 4 is 35.4 Å². The summed E-state index contributed by atoms with van der Waals surface area (Å²) in [6, 6.07) is -1.50. The summed E-state index contributed by atoms with van der Waals surface area (Å²) in [4.78, 5) is 74.1. The fourth-order valence-electron chi connectivity index (χ4n) is 5.02. The molecule has 1 fully saturated rings. The van der Waals surface area contributed by atoms with Gasteiger partial charge in [0.25, 0.3) is 11.8 Å². The lowest BCUT2D eigenvalue weighted by Crippen LogP contribution is -2.55. The first-order valence-electron chi connectivity index (χ1n) is 16.3. The molecule has 1 heterocycles. The zero-order valence-electron chi connectivity index (χ0n) is 27.9. The number of nitrogens with zero attached hydrogens (tertiary/aromatic N) is 1. The molecule has 0 saturated heterocycles. The Morgan fingerprint density at radius 2 is 1.24 bits per heavy atom. The maximum atomic E-state index is 12.6. The normalized spacial score (nSPS) is 19.3. The van der Waals surface area contributed by atoms with Crippen LogP contribution in [0.4, 0.5) is 0 Å². The zero-order chi connectivity index (χ0) is 34.1. The van der Waals surface area contributed by atoms with Crippen molar-refractivity contribution in [3.63, 3.8) is 0 Å². The Kier molecular flexibility index (Phi) is 17.5. The van der Waals surface area contributed by atoms with Crippen LogP contribution in [0.1, 0.15) is 60.3 Å². The molecule has 0 bridgehead atoms. The molecule has 2 rings (SSSR count). The maximum absolute atomic E-state index is 12.6. The predicted octanol–water partition coefficient (Wildman–Crippen LogP) is 0.302. The molecule has 2 atom stereocenters. The van der Waals surface area contributed by atoms with Gasteiger partial charge in [0, 0.05) is 43.6 Å². The monoisotopic (exact) mass is 651 g/mol. The number of rotatable bonds is 21. The van der Waals surface area contributed by atoms with E-state index in [1.165, 1.54) is 17.1 Å². The van der Waals surface area contributed by atoms with Crippen molar-refractivity contribution in [2.45, 2.75) is 72.4 Å². The average molecular weight is 652 g/mol. The van der Waals surface area contributed by atoms with Crippen LogP contribution in [0.15, 0.2) is 12.2 Å². The van der Waals surface area contributed by atoms with E-state index in [2.05, 4.69) is 21.3 Å². The molecular formula is C32H53N5O9. The Hall–Kier alpha value is -3.36. The molecule has 0 spiro atoms. The molecule has 46 heavy (non-hydrogen) atoms. The highest BCUT2D eigenvalue weighted by atomic mass is 16.5. The van der Waals surface area contributed by atoms with Gasteiger partial charge in [-0.05, 0) is 44.4 Å². The fourth-order valence-corrected chi connectivity index (χ4v) is 5.02. The van der Waals surface area contributed by atoms with Crippen LogP contribution < -0.4 is 21.3 Å². The number of hydrogen-bond donors (Lipinski definition) is 4. The summed E-state index contributed by atoms with van der Waals surface area (Å²) >= 11 is 0. The smallest absolute Gasteiger partial charge is 0.253 e. The largest absolute Gasteiger partial charge is 0.377 e. The topological polar surface area (TPSA) is 181 Å². The van der Waals surface area contributed by atoms with E-state index in [9.17, 15) is 28.8 Å². The van der Waals surface area contributed by atoms with Gasteiger partial charge < -0.3 is 35.5 Å². The highest BCUT2D eigenvalue weighted by molar-refractivity contribution is 6.12. The molecule has 2 aliphatic rings. The van der Waals surface area contributed by atoms with Crippen molar-refractivity contribution in [3.8, 4) is 0 Å². The second-order valence-electron chi connectivity index (χ2n) is 12.4. The SMILES string of the molecule is CC(C)C(=O)N[C@H](C)C(=O)N[C@@H](C(=O)NCCOCCOCCOCCNC(=O)C1CCC(CN2C(=O)C=CC2=O)CC1)C(C)C. The Balaban J connectivity index is 1.43. The van der Waals surface area contributed by atoms with Gasteiger partial charge in [0.1, 0.15) is 12.1 Å². The highest BCUT2D eigenvalue weighted by Gasteiger charge is 2.31. The van der Waals surface area contributed by atoms with Crippen LogP contribution in [0.3, 0.4) is 0 Å². The summed E-state index contributed by atoms with van der Waals surface area (Å²) in [5, 5.41) is 11.0. The zero-order valence-corrected chi connectivity index (χ0v) is 27.9. The average Bonchev–Trinajstić information content (AvgIpc) is 3.33. The lowest BCUT2D eigenvalue weighted by atomic mass is 9.81. The number of imide groups is 1. The van der Waals surface area contributed by atoms with E-state index < -0.39 is 18.0 Å². The molecule has 14 nitrogen and oxygen atoms in total. The molecule has 0 aromatic carbocycles. The Bertz CT molecular complexity index is 1040. The number of nitrogens with one attached hydrogen (secondary N) is 4. The van der Waals surface area contributed by atoms with Gasteiger partial charge in [0.15, 0.2) is 0 Å². The van der Waals surface area contributed by atoms with Crippen molar-refractivity contribution in [3.05, 3.63) is 12.2 Å². The first-order valence-corrected chi connectivity index (χ1v) is 16.3. The van der Waals surface area contributed by atoms with E-state index in [0.29, 0.717) is 46.1 Å². The highest BCUT2D eigenvalue weighted by Crippen LogP contribution is 2.30. The minimum atomic E-state index is -0.756. The minimum absolute atomic E-state index is 0.00722. The second-order valence-corrected chi connectivity index (χ2v) is 12.4. The molecule has 4 N–H and O–H groups in total. The van der Waals surface area contributed by atoms with Crippen LogP contribution >= 0.6 is 0 Å². The standard InChI is InChI=1S/C32H53N5O9/c1-21(2)28(36-30(41)23(5)35-29(40)22(3)4)32(43)34-13-15-45-17-19-46-18-16-44-14-12-33-31(42)25-8-6-24(7-9-25)20-37-26(38)10-11-27(37)39/h10-11,21-25,28H,6-9,12-20H2,1-5H3,(H,33,42)(H,34,43)(H,35,40)(H,36,41)/t23-,24?,25?,28-/m1/s1. The van der Waals surface area contributed by atoms with Crippen LogP contribution in [-0.4, -0.2) is 112 Å². The quantitative estimate of drug-likeness (QED) is 0.100. The summed E-state index contributed by atoms with van der Waals surface area (Å²) in [6.07, 6.45) is 5.68. The maximum Gasteiger partial charge on any atom is 0.253 e. The summed E-state index contributed by atoms with van der Waals surface area (Å²) in [7, 11) is 0. The third kappa shape index (κ3) is 14.0. The molecule has 0 radical (unpaired) electrons. The van der Waals surface area contributed by atoms with Gasteiger partial charge >= 0.3 is 0 Å². The van der Waals surface area contributed by atoms with Crippen molar-refractivity contribution < 1.29 is 43.0 Å². The van der Waals surface area contributed by atoms with E-state index in [1.807, 2.05) is 13.8 Å². The molecule has 6 amide bonds.